The summed E-state index contributed by atoms with van der Waals surface area (Å²) in [6.07, 6.45) is 0. The summed E-state index contributed by atoms with van der Waals surface area (Å²) < 4.78 is 5.33. The van der Waals surface area contributed by atoms with Crippen LogP contribution in [0.3, 0.4) is 0 Å². The second kappa shape index (κ2) is 6.94. The van der Waals surface area contributed by atoms with Crippen molar-refractivity contribution in [3.63, 3.8) is 0 Å². The minimum Gasteiger partial charge on any atom is -0.494 e. The van der Waals surface area contributed by atoms with Gasteiger partial charge in [-0.05, 0) is 49.4 Å². The lowest BCUT2D eigenvalue weighted by Gasteiger charge is -2.13. The van der Waals surface area contributed by atoms with Gasteiger partial charge in [0.2, 0.25) is 5.91 Å². The smallest absolute Gasteiger partial charge is 0.262 e. The first-order valence-electron chi connectivity index (χ1n) is 7.68. The largest absolute Gasteiger partial charge is 0.494 e. The molecule has 0 radical (unpaired) electrons. The molecule has 128 valence electrons. The molecule has 0 saturated heterocycles. The predicted octanol–water partition coefficient (Wildman–Crippen LogP) is 2.97. The average molecular weight is 359 g/mol. The molecule has 1 aliphatic heterocycles. The quantitative estimate of drug-likeness (QED) is 0.834. The lowest BCUT2D eigenvalue weighted by molar-refractivity contribution is -0.116. The summed E-state index contributed by atoms with van der Waals surface area (Å²) in [5, 5.41) is 3.01. The third-order valence-electron chi connectivity index (χ3n) is 3.68. The van der Waals surface area contributed by atoms with Crippen LogP contribution in [0, 0.1) is 0 Å². The normalized spacial score (nSPS) is 13.0. The van der Waals surface area contributed by atoms with Crippen molar-refractivity contribution in [3.05, 3.63) is 58.6 Å². The van der Waals surface area contributed by atoms with Crippen molar-refractivity contribution < 1.29 is 19.1 Å². The molecular formula is C18H15ClN2O4. The van der Waals surface area contributed by atoms with Crippen LogP contribution < -0.4 is 10.1 Å². The lowest BCUT2D eigenvalue weighted by Crippen LogP contribution is -2.37. The topological polar surface area (TPSA) is 75.7 Å². The first-order chi connectivity index (χ1) is 12.0. The van der Waals surface area contributed by atoms with Gasteiger partial charge >= 0.3 is 0 Å². The molecule has 1 aliphatic rings. The number of nitrogens with one attached hydrogen (secondary N) is 1. The predicted molar refractivity (Wildman–Crippen MR) is 93.1 cm³/mol. The number of halogens is 1. The van der Waals surface area contributed by atoms with Crippen LogP contribution in [0.25, 0.3) is 0 Å². The molecule has 3 rings (SSSR count). The fraction of sp³-hybridized carbons (Fsp3) is 0.167. The number of carbonyl (C=O) groups is 3. The van der Waals surface area contributed by atoms with E-state index in [0.29, 0.717) is 23.1 Å². The summed E-state index contributed by atoms with van der Waals surface area (Å²) in [6.45, 7) is 2.07. The first kappa shape index (κ1) is 17.0. The van der Waals surface area contributed by atoms with Crippen LogP contribution >= 0.6 is 11.6 Å². The molecule has 0 unspecified atom stereocenters. The van der Waals surface area contributed by atoms with Gasteiger partial charge in [-0.15, -0.1) is 0 Å². The van der Waals surface area contributed by atoms with E-state index < -0.39 is 17.7 Å². The van der Waals surface area contributed by atoms with E-state index >= 15 is 0 Å². The Morgan fingerprint density at radius 2 is 1.76 bits per heavy atom. The molecule has 0 spiro atoms. The van der Waals surface area contributed by atoms with Gasteiger partial charge in [-0.2, -0.15) is 0 Å². The van der Waals surface area contributed by atoms with E-state index in [-0.39, 0.29) is 17.7 Å². The highest BCUT2D eigenvalue weighted by molar-refractivity contribution is 6.32. The Hall–Kier alpha value is -2.86. The number of anilines is 1. The number of hydrogen-bond donors (Lipinski definition) is 1. The summed E-state index contributed by atoms with van der Waals surface area (Å²) in [7, 11) is 0. The molecule has 3 amide bonds. The number of carbonyl (C=O) groups excluding carboxylic acids is 3. The van der Waals surface area contributed by atoms with Crippen LogP contribution in [0.2, 0.25) is 5.02 Å². The summed E-state index contributed by atoms with van der Waals surface area (Å²) >= 11 is 5.86. The Labute approximate surface area is 149 Å². The minimum absolute atomic E-state index is 0.214. The van der Waals surface area contributed by atoms with Crippen molar-refractivity contribution in [2.45, 2.75) is 6.92 Å². The number of nitrogens with zero attached hydrogens (tertiary/aromatic N) is 1. The van der Waals surface area contributed by atoms with Crippen LogP contribution in [-0.2, 0) is 4.79 Å². The van der Waals surface area contributed by atoms with Crippen molar-refractivity contribution in [2.75, 3.05) is 18.5 Å². The number of rotatable bonds is 5. The average Bonchev–Trinajstić information content (AvgIpc) is 2.81. The summed E-state index contributed by atoms with van der Waals surface area (Å²) in [5.74, 6) is -0.801. The van der Waals surface area contributed by atoms with Gasteiger partial charge in [-0.25, -0.2) is 0 Å². The third kappa shape index (κ3) is 3.49. The van der Waals surface area contributed by atoms with Crippen LogP contribution in [0.5, 0.6) is 5.75 Å². The van der Waals surface area contributed by atoms with Crippen molar-refractivity contribution in [1.82, 2.24) is 4.90 Å². The molecule has 0 saturated carbocycles. The van der Waals surface area contributed by atoms with E-state index in [4.69, 9.17) is 16.3 Å². The molecule has 1 heterocycles. The Balaban J connectivity index is 1.67. The van der Waals surface area contributed by atoms with Crippen LogP contribution in [-0.4, -0.2) is 35.8 Å². The number of fused-ring (bicyclic) bond motifs is 1. The van der Waals surface area contributed by atoms with Gasteiger partial charge < -0.3 is 10.1 Å². The molecule has 6 nitrogen and oxygen atoms in total. The zero-order valence-electron chi connectivity index (χ0n) is 13.4. The van der Waals surface area contributed by atoms with Gasteiger partial charge in [0.25, 0.3) is 11.8 Å². The molecule has 0 fully saturated rings. The number of hydrogen-bond acceptors (Lipinski definition) is 4. The molecule has 0 atom stereocenters. The zero-order valence-corrected chi connectivity index (χ0v) is 14.2. The van der Waals surface area contributed by atoms with Gasteiger partial charge in [0.1, 0.15) is 12.3 Å². The molecule has 25 heavy (non-hydrogen) atoms. The van der Waals surface area contributed by atoms with E-state index in [1.165, 1.54) is 18.2 Å². The molecule has 0 aromatic heterocycles. The fourth-order valence-corrected chi connectivity index (χ4v) is 2.72. The number of benzene rings is 2. The Kier molecular flexibility index (Phi) is 4.72. The lowest BCUT2D eigenvalue weighted by atomic mass is 10.1. The van der Waals surface area contributed by atoms with Crippen LogP contribution in [0.4, 0.5) is 5.69 Å². The van der Waals surface area contributed by atoms with E-state index in [2.05, 4.69) is 5.32 Å². The Bertz CT molecular complexity index is 849. The van der Waals surface area contributed by atoms with Gasteiger partial charge in [0.15, 0.2) is 0 Å². The second-order valence-corrected chi connectivity index (χ2v) is 5.83. The molecule has 1 N–H and O–H groups in total. The van der Waals surface area contributed by atoms with Crippen molar-refractivity contribution in [2.24, 2.45) is 0 Å². The van der Waals surface area contributed by atoms with E-state index in [0.717, 1.165) is 4.90 Å². The van der Waals surface area contributed by atoms with Crippen molar-refractivity contribution in [3.8, 4) is 5.75 Å². The molecule has 2 aromatic carbocycles. The van der Waals surface area contributed by atoms with Crippen molar-refractivity contribution in [1.29, 1.82) is 0 Å². The summed E-state index contributed by atoms with van der Waals surface area (Å²) in [6, 6.07) is 11.3. The highest BCUT2D eigenvalue weighted by Gasteiger charge is 2.36. The number of ether oxygens (including phenoxy) is 1. The molecule has 0 bridgehead atoms. The van der Waals surface area contributed by atoms with Gasteiger partial charge in [0.05, 0.1) is 17.7 Å². The third-order valence-corrected chi connectivity index (χ3v) is 3.92. The van der Waals surface area contributed by atoms with Gasteiger partial charge in [-0.3, -0.25) is 19.3 Å². The van der Waals surface area contributed by atoms with Crippen LogP contribution in [0.1, 0.15) is 27.6 Å². The Morgan fingerprint density at radius 1 is 1.08 bits per heavy atom. The van der Waals surface area contributed by atoms with Crippen LogP contribution in [0.15, 0.2) is 42.5 Å². The highest BCUT2D eigenvalue weighted by atomic mass is 35.5. The Morgan fingerprint density at radius 3 is 2.44 bits per heavy atom. The molecule has 7 heteroatoms. The SMILES string of the molecule is CCOc1ccc(NC(=O)CN2C(=O)c3ccc(Cl)cc3C2=O)cc1. The monoisotopic (exact) mass is 358 g/mol. The number of amides is 3. The van der Waals surface area contributed by atoms with E-state index in [1.54, 1.807) is 24.3 Å². The molecule has 0 aliphatic carbocycles. The standard InChI is InChI=1S/C18H15ClN2O4/c1-2-25-13-6-4-12(5-7-13)20-16(22)10-21-17(23)14-8-3-11(19)9-15(14)18(21)24/h3-9H,2,10H2,1H3,(H,20,22). The minimum atomic E-state index is -0.524. The van der Waals surface area contributed by atoms with Gasteiger partial charge in [-0.1, -0.05) is 11.6 Å². The zero-order chi connectivity index (χ0) is 18.0. The van der Waals surface area contributed by atoms with E-state index in [1.807, 2.05) is 6.92 Å². The second-order valence-electron chi connectivity index (χ2n) is 5.39. The maximum absolute atomic E-state index is 12.3. The van der Waals surface area contributed by atoms with Crippen molar-refractivity contribution >= 4 is 35.0 Å². The molecule has 2 aromatic rings. The first-order valence-corrected chi connectivity index (χ1v) is 8.06. The maximum atomic E-state index is 12.3. The maximum Gasteiger partial charge on any atom is 0.262 e. The van der Waals surface area contributed by atoms with Gasteiger partial charge in [0, 0.05) is 10.7 Å². The summed E-state index contributed by atoms with van der Waals surface area (Å²) in [5.41, 5.74) is 1.02. The number of imide groups is 1. The summed E-state index contributed by atoms with van der Waals surface area (Å²) in [4.78, 5) is 37.7. The highest BCUT2D eigenvalue weighted by Crippen LogP contribution is 2.25. The van der Waals surface area contributed by atoms with E-state index in [9.17, 15) is 14.4 Å². The molecular weight excluding hydrogens is 344 g/mol. The fourth-order valence-electron chi connectivity index (χ4n) is 2.55.